The maximum Gasteiger partial charge on any atom is 0.0648 e. The van der Waals surface area contributed by atoms with Gasteiger partial charge in [0.2, 0.25) is 0 Å². The van der Waals surface area contributed by atoms with Crippen molar-refractivity contribution in [3.8, 4) is 0 Å². The molecule has 0 heterocycles. The lowest BCUT2D eigenvalue weighted by atomic mass is 10.3. The van der Waals surface area contributed by atoms with E-state index in [1.165, 1.54) is 0 Å². The highest BCUT2D eigenvalue weighted by atomic mass is 35.5. The number of anilines is 1. The van der Waals surface area contributed by atoms with Gasteiger partial charge < -0.3 is 10.1 Å². The molecule has 1 N–H and O–H groups in total. The normalized spacial score (nSPS) is 10.8. The lowest BCUT2D eigenvalue weighted by molar-refractivity contribution is 0.173. The summed E-state index contributed by atoms with van der Waals surface area (Å²) in [5.74, 6) is 0. The maximum absolute atomic E-state index is 5.77. The highest BCUT2D eigenvalue weighted by Crippen LogP contribution is 2.12. The molecule has 0 aromatic heterocycles. The van der Waals surface area contributed by atoms with Crippen molar-refractivity contribution in [2.75, 3.05) is 25.1 Å². The molecule has 0 aliphatic heterocycles. The Morgan fingerprint density at radius 1 is 1.33 bits per heavy atom. The van der Waals surface area contributed by atoms with E-state index in [1.807, 2.05) is 43.3 Å². The van der Waals surface area contributed by atoms with Gasteiger partial charge in [0.25, 0.3) is 0 Å². The van der Waals surface area contributed by atoms with E-state index >= 15 is 0 Å². The molecule has 82 valence electrons. The first kappa shape index (κ1) is 12.1. The molecule has 1 aromatic carbocycles. The molecule has 1 rings (SSSR count). The molecule has 0 fully saturated rings. The van der Waals surface area contributed by atoms with Gasteiger partial charge in [0, 0.05) is 17.3 Å². The van der Waals surface area contributed by atoms with Gasteiger partial charge in [0.15, 0.2) is 0 Å². The standard InChI is InChI=1S/C12H16ClNO/c1-2-3-9-15-10-8-14-12-6-4-11(13)5-7-12/h2-7,14H,8-10H2,1H3. The third-order valence-corrected chi connectivity index (χ3v) is 2.12. The fraction of sp³-hybridized carbons (Fsp3) is 0.333. The Hall–Kier alpha value is -0.990. The summed E-state index contributed by atoms with van der Waals surface area (Å²) < 4.78 is 5.34. The highest BCUT2D eigenvalue weighted by molar-refractivity contribution is 6.30. The molecule has 0 aliphatic rings. The zero-order chi connectivity index (χ0) is 10.9. The van der Waals surface area contributed by atoms with Gasteiger partial charge in [0.1, 0.15) is 0 Å². The third-order valence-electron chi connectivity index (χ3n) is 1.87. The van der Waals surface area contributed by atoms with Crippen molar-refractivity contribution in [2.45, 2.75) is 6.92 Å². The van der Waals surface area contributed by atoms with Crippen LogP contribution in [0.15, 0.2) is 36.4 Å². The predicted molar refractivity (Wildman–Crippen MR) is 65.6 cm³/mol. The summed E-state index contributed by atoms with van der Waals surface area (Å²) >= 11 is 5.77. The average Bonchev–Trinajstić information content (AvgIpc) is 2.26. The van der Waals surface area contributed by atoms with Crippen LogP contribution in [0.3, 0.4) is 0 Å². The minimum atomic E-state index is 0.679. The summed E-state index contributed by atoms with van der Waals surface area (Å²) in [7, 11) is 0. The molecule has 0 amide bonds. The molecule has 0 atom stereocenters. The van der Waals surface area contributed by atoms with E-state index in [1.54, 1.807) is 0 Å². The van der Waals surface area contributed by atoms with Crippen molar-refractivity contribution in [3.05, 3.63) is 41.4 Å². The average molecular weight is 226 g/mol. The second kappa shape index (κ2) is 7.32. The molecule has 1 aromatic rings. The largest absolute Gasteiger partial charge is 0.383 e. The number of nitrogens with one attached hydrogen (secondary N) is 1. The second-order valence-corrected chi connectivity index (χ2v) is 3.51. The van der Waals surface area contributed by atoms with Gasteiger partial charge in [-0.05, 0) is 31.2 Å². The Bertz CT molecular complexity index is 295. The summed E-state index contributed by atoms with van der Waals surface area (Å²) in [6.07, 6.45) is 3.97. The number of rotatable bonds is 6. The first-order chi connectivity index (χ1) is 7.33. The van der Waals surface area contributed by atoms with Crippen LogP contribution in [0.5, 0.6) is 0 Å². The van der Waals surface area contributed by atoms with E-state index in [-0.39, 0.29) is 0 Å². The summed E-state index contributed by atoms with van der Waals surface area (Å²) in [6, 6.07) is 7.64. The van der Waals surface area contributed by atoms with Crippen molar-refractivity contribution < 1.29 is 4.74 Å². The fourth-order valence-electron chi connectivity index (χ4n) is 1.08. The number of ether oxygens (including phenoxy) is 1. The van der Waals surface area contributed by atoms with Crippen molar-refractivity contribution in [1.29, 1.82) is 0 Å². The summed E-state index contributed by atoms with van der Waals surface area (Å²) in [4.78, 5) is 0. The van der Waals surface area contributed by atoms with Crippen LogP contribution in [0.1, 0.15) is 6.92 Å². The van der Waals surface area contributed by atoms with Crippen LogP contribution in [0.4, 0.5) is 5.69 Å². The number of halogens is 1. The molecule has 0 aliphatic carbocycles. The van der Waals surface area contributed by atoms with Crippen LogP contribution in [0.2, 0.25) is 5.02 Å². The minimum absolute atomic E-state index is 0.679. The number of allylic oxidation sites excluding steroid dienone is 1. The van der Waals surface area contributed by atoms with Crippen LogP contribution >= 0.6 is 11.6 Å². The van der Waals surface area contributed by atoms with Crippen LogP contribution in [0, 0.1) is 0 Å². The zero-order valence-electron chi connectivity index (χ0n) is 8.87. The molecule has 0 saturated heterocycles. The molecular weight excluding hydrogens is 210 g/mol. The molecule has 3 heteroatoms. The minimum Gasteiger partial charge on any atom is -0.383 e. The summed E-state index contributed by atoms with van der Waals surface area (Å²) in [5.41, 5.74) is 1.06. The van der Waals surface area contributed by atoms with Gasteiger partial charge in [-0.1, -0.05) is 23.8 Å². The first-order valence-corrected chi connectivity index (χ1v) is 5.39. The Labute approximate surface area is 95.9 Å². The van der Waals surface area contributed by atoms with E-state index < -0.39 is 0 Å². The Morgan fingerprint density at radius 3 is 2.73 bits per heavy atom. The van der Waals surface area contributed by atoms with E-state index in [9.17, 15) is 0 Å². The Morgan fingerprint density at radius 2 is 2.07 bits per heavy atom. The molecule has 15 heavy (non-hydrogen) atoms. The van der Waals surface area contributed by atoms with Crippen LogP contribution in [-0.2, 0) is 4.74 Å². The van der Waals surface area contributed by atoms with Crippen LogP contribution in [-0.4, -0.2) is 19.8 Å². The van der Waals surface area contributed by atoms with Gasteiger partial charge in [-0.2, -0.15) is 0 Å². The van der Waals surface area contributed by atoms with Crippen molar-refractivity contribution in [1.82, 2.24) is 0 Å². The molecule has 2 nitrogen and oxygen atoms in total. The van der Waals surface area contributed by atoms with Gasteiger partial charge in [-0.15, -0.1) is 0 Å². The van der Waals surface area contributed by atoms with Crippen molar-refractivity contribution in [3.63, 3.8) is 0 Å². The van der Waals surface area contributed by atoms with E-state index in [0.29, 0.717) is 13.2 Å². The summed E-state index contributed by atoms with van der Waals surface area (Å²) in [5, 5.41) is 4.00. The Kier molecular flexibility index (Phi) is 5.90. The number of hydrogen-bond donors (Lipinski definition) is 1. The van der Waals surface area contributed by atoms with Gasteiger partial charge in [0.05, 0.1) is 13.2 Å². The van der Waals surface area contributed by atoms with Gasteiger partial charge in [-0.25, -0.2) is 0 Å². The van der Waals surface area contributed by atoms with Crippen LogP contribution in [0.25, 0.3) is 0 Å². The summed E-state index contributed by atoms with van der Waals surface area (Å²) in [6.45, 7) is 4.17. The zero-order valence-corrected chi connectivity index (χ0v) is 9.63. The monoisotopic (exact) mass is 225 g/mol. The third kappa shape index (κ3) is 5.45. The molecular formula is C12H16ClNO. The molecule has 0 unspecified atom stereocenters. The number of benzene rings is 1. The van der Waals surface area contributed by atoms with Crippen molar-refractivity contribution in [2.24, 2.45) is 0 Å². The molecule has 0 spiro atoms. The quantitative estimate of drug-likeness (QED) is 0.592. The van der Waals surface area contributed by atoms with Gasteiger partial charge >= 0.3 is 0 Å². The maximum atomic E-state index is 5.77. The first-order valence-electron chi connectivity index (χ1n) is 5.01. The smallest absolute Gasteiger partial charge is 0.0648 e. The fourth-order valence-corrected chi connectivity index (χ4v) is 1.21. The van der Waals surface area contributed by atoms with Gasteiger partial charge in [-0.3, -0.25) is 0 Å². The lowest BCUT2D eigenvalue weighted by Gasteiger charge is -2.06. The topological polar surface area (TPSA) is 21.3 Å². The molecule has 0 saturated carbocycles. The van der Waals surface area contributed by atoms with Crippen molar-refractivity contribution >= 4 is 17.3 Å². The predicted octanol–water partition coefficient (Wildman–Crippen LogP) is 3.34. The molecule has 0 bridgehead atoms. The SMILES string of the molecule is CC=CCOCCNc1ccc(Cl)cc1. The Balaban J connectivity index is 2.12. The van der Waals surface area contributed by atoms with E-state index in [0.717, 1.165) is 17.3 Å². The second-order valence-electron chi connectivity index (χ2n) is 3.08. The van der Waals surface area contributed by atoms with Crippen LogP contribution < -0.4 is 5.32 Å². The van der Waals surface area contributed by atoms with E-state index in [2.05, 4.69) is 5.32 Å². The highest BCUT2D eigenvalue weighted by Gasteiger charge is 1.91. The number of hydrogen-bond acceptors (Lipinski definition) is 2. The molecule has 0 radical (unpaired) electrons. The lowest BCUT2D eigenvalue weighted by Crippen LogP contribution is -2.09. The van der Waals surface area contributed by atoms with E-state index in [4.69, 9.17) is 16.3 Å².